The van der Waals surface area contributed by atoms with Crippen LogP contribution in [0.25, 0.3) is 16.6 Å². The second-order valence-electron chi connectivity index (χ2n) is 8.58. The highest BCUT2D eigenvalue weighted by Crippen LogP contribution is 2.32. The molecule has 6 nitrogen and oxygen atoms in total. The summed E-state index contributed by atoms with van der Waals surface area (Å²) in [5.74, 6) is 1.14. The molecule has 0 N–H and O–H groups in total. The molecular formula is C26H31N3O3. The summed E-state index contributed by atoms with van der Waals surface area (Å²) in [6.45, 7) is 6.37. The van der Waals surface area contributed by atoms with Crippen molar-refractivity contribution in [1.82, 2.24) is 9.30 Å². The Kier molecular flexibility index (Phi) is 6.53. The van der Waals surface area contributed by atoms with Crippen molar-refractivity contribution in [1.29, 1.82) is 0 Å². The summed E-state index contributed by atoms with van der Waals surface area (Å²) in [6.07, 6.45) is 5.26. The molecule has 0 bridgehead atoms. The Morgan fingerprint density at radius 1 is 0.969 bits per heavy atom. The van der Waals surface area contributed by atoms with Crippen molar-refractivity contribution < 1.29 is 9.47 Å². The lowest BCUT2D eigenvalue weighted by atomic mass is 10.1. The van der Waals surface area contributed by atoms with E-state index in [0.717, 1.165) is 81.2 Å². The van der Waals surface area contributed by atoms with Crippen molar-refractivity contribution in [2.24, 2.45) is 0 Å². The summed E-state index contributed by atoms with van der Waals surface area (Å²) in [5.41, 5.74) is 3.39. The molecule has 1 unspecified atom stereocenters. The molecule has 5 rings (SSSR count). The maximum Gasteiger partial charge on any atom is 0.180 e. The van der Waals surface area contributed by atoms with Crippen LogP contribution in [0.15, 0.2) is 65.6 Å². The van der Waals surface area contributed by atoms with E-state index in [2.05, 4.69) is 44.5 Å². The second kappa shape index (κ2) is 9.86. The normalized spacial score (nSPS) is 20.0. The molecule has 0 amide bonds. The van der Waals surface area contributed by atoms with Crippen LogP contribution in [0.3, 0.4) is 0 Å². The number of ether oxygens (including phenoxy) is 2. The average molecular weight is 434 g/mol. The first-order chi connectivity index (χ1) is 15.8. The van der Waals surface area contributed by atoms with E-state index in [1.807, 2.05) is 18.3 Å². The van der Waals surface area contributed by atoms with E-state index in [1.54, 1.807) is 12.1 Å². The fourth-order valence-corrected chi connectivity index (χ4v) is 4.67. The number of aromatic nitrogens is 1. The van der Waals surface area contributed by atoms with E-state index in [0.29, 0.717) is 0 Å². The van der Waals surface area contributed by atoms with Gasteiger partial charge in [0.15, 0.2) is 11.7 Å². The molecule has 2 aliphatic heterocycles. The van der Waals surface area contributed by atoms with Gasteiger partial charge in [0.1, 0.15) is 5.82 Å². The zero-order chi connectivity index (χ0) is 21.8. The van der Waals surface area contributed by atoms with Crippen LogP contribution in [-0.4, -0.2) is 61.5 Å². The van der Waals surface area contributed by atoms with Crippen LogP contribution in [-0.2, 0) is 9.47 Å². The van der Waals surface area contributed by atoms with Gasteiger partial charge in [-0.3, -0.25) is 9.69 Å². The van der Waals surface area contributed by atoms with Gasteiger partial charge in [0.2, 0.25) is 0 Å². The Balaban J connectivity index is 1.29. The van der Waals surface area contributed by atoms with E-state index >= 15 is 0 Å². The lowest BCUT2D eigenvalue weighted by Crippen LogP contribution is -2.47. The predicted octanol–water partition coefficient (Wildman–Crippen LogP) is 3.63. The summed E-state index contributed by atoms with van der Waals surface area (Å²) >= 11 is 0. The molecule has 0 saturated carbocycles. The summed E-state index contributed by atoms with van der Waals surface area (Å²) in [7, 11) is 0. The van der Waals surface area contributed by atoms with Crippen LogP contribution in [0.1, 0.15) is 19.3 Å². The first-order valence-corrected chi connectivity index (χ1v) is 11.7. The number of hydrogen-bond donors (Lipinski definition) is 0. The minimum Gasteiger partial charge on any atom is -0.355 e. The molecule has 3 aromatic rings. The third-order valence-corrected chi connectivity index (χ3v) is 6.48. The van der Waals surface area contributed by atoms with Gasteiger partial charge < -0.3 is 18.8 Å². The number of rotatable bonds is 6. The first kappa shape index (κ1) is 21.2. The highest BCUT2D eigenvalue weighted by atomic mass is 16.7. The number of fused-ring (bicyclic) bond motifs is 1. The lowest BCUT2D eigenvalue weighted by Gasteiger charge is -2.36. The molecule has 168 valence electrons. The largest absolute Gasteiger partial charge is 0.355 e. The minimum absolute atomic E-state index is 0.0137. The molecule has 1 aromatic carbocycles. The van der Waals surface area contributed by atoms with Gasteiger partial charge in [-0.2, -0.15) is 0 Å². The van der Waals surface area contributed by atoms with E-state index < -0.39 is 0 Å². The van der Waals surface area contributed by atoms with Gasteiger partial charge >= 0.3 is 0 Å². The summed E-state index contributed by atoms with van der Waals surface area (Å²) in [5, 5.41) is 0. The Morgan fingerprint density at radius 2 is 1.81 bits per heavy atom. The van der Waals surface area contributed by atoms with Gasteiger partial charge in [-0.15, -0.1) is 0 Å². The topological polar surface area (TPSA) is 46.4 Å². The number of anilines is 1. The van der Waals surface area contributed by atoms with Crippen molar-refractivity contribution >= 4 is 11.3 Å². The number of benzene rings is 1. The average Bonchev–Trinajstić information content (AvgIpc) is 3.10. The molecular weight excluding hydrogens is 402 g/mol. The van der Waals surface area contributed by atoms with Crippen LogP contribution in [0.2, 0.25) is 0 Å². The molecule has 32 heavy (non-hydrogen) atoms. The zero-order valence-corrected chi connectivity index (χ0v) is 18.5. The van der Waals surface area contributed by atoms with Crippen molar-refractivity contribution in [3.05, 3.63) is 71.0 Å². The molecule has 6 heteroatoms. The predicted molar refractivity (Wildman–Crippen MR) is 127 cm³/mol. The molecule has 0 aliphatic carbocycles. The SMILES string of the molecule is O=c1ccc2c(-c3ccccc3)cc(N3CCN(CCOC4CCCCO4)CC3)n2cc1. The summed E-state index contributed by atoms with van der Waals surface area (Å²) in [4.78, 5) is 16.9. The van der Waals surface area contributed by atoms with Gasteiger partial charge in [0, 0.05) is 57.2 Å². The second-order valence-corrected chi connectivity index (χ2v) is 8.58. The molecule has 0 radical (unpaired) electrons. The third kappa shape index (κ3) is 4.72. The molecule has 4 heterocycles. The smallest absolute Gasteiger partial charge is 0.180 e. The van der Waals surface area contributed by atoms with Crippen molar-refractivity contribution in [2.75, 3.05) is 50.8 Å². The standard InChI is InChI=1S/C26H31N3O3/c30-22-9-10-24-23(21-6-2-1-3-7-21)20-25(29(24)12-11-22)28-15-13-27(14-16-28)17-19-32-26-8-4-5-18-31-26/h1-3,6-7,9-12,20,26H,4-5,8,13-19H2. The first-order valence-electron chi connectivity index (χ1n) is 11.7. The highest BCUT2D eigenvalue weighted by Gasteiger charge is 2.21. The molecule has 2 fully saturated rings. The Hall–Kier alpha value is -2.67. The molecule has 2 aromatic heterocycles. The van der Waals surface area contributed by atoms with Crippen molar-refractivity contribution in [3.63, 3.8) is 0 Å². The Morgan fingerprint density at radius 3 is 2.59 bits per heavy atom. The monoisotopic (exact) mass is 433 g/mol. The van der Waals surface area contributed by atoms with E-state index in [4.69, 9.17) is 9.47 Å². The molecule has 2 saturated heterocycles. The molecule has 1 atom stereocenters. The summed E-state index contributed by atoms with van der Waals surface area (Å²) < 4.78 is 13.7. The van der Waals surface area contributed by atoms with Crippen LogP contribution in [0.4, 0.5) is 5.82 Å². The zero-order valence-electron chi connectivity index (χ0n) is 18.5. The van der Waals surface area contributed by atoms with Crippen LogP contribution in [0.5, 0.6) is 0 Å². The maximum absolute atomic E-state index is 12.0. The van der Waals surface area contributed by atoms with E-state index in [-0.39, 0.29) is 11.7 Å². The van der Waals surface area contributed by atoms with Gasteiger partial charge in [-0.25, -0.2) is 0 Å². The van der Waals surface area contributed by atoms with Crippen molar-refractivity contribution in [3.8, 4) is 11.1 Å². The Labute approximate surface area is 189 Å². The van der Waals surface area contributed by atoms with E-state index in [1.165, 1.54) is 6.42 Å². The number of hydrogen-bond acceptors (Lipinski definition) is 5. The van der Waals surface area contributed by atoms with Crippen LogP contribution >= 0.6 is 0 Å². The van der Waals surface area contributed by atoms with Gasteiger partial charge in [-0.05, 0) is 43.0 Å². The quantitative estimate of drug-likeness (QED) is 0.594. The molecule has 0 spiro atoms. The van der Waals surface area contributed by atoms with Gasteiger partial charge in [0.25, 0.3) is 0 Å². The maximum atomic E-state index is 12.0. The number of piperazine rings is 1. The van der Waals surface area contributed by atoms with E-state index in [9.17, 15) is 4.79 Å². The third-order valence-electron chi connectivity index (χ3n) is 6.48. The summed E-state index contributed by atoms with van der Waals surface area (Å²) in [6, 6.07) is 17.9. The molecule has 2 aliphatic rings. The van der Waals surface area contributed by atoms with Crippen LogP contribution in [0, 0.1) is 0 Å². The Bertz CT molecular complexity index is 1080. The van der Waals surface area contributed by atoms with Gasteiger partial charge in [0.05, 0.1) is 12.1 Å². The fraction of sp³-hybridized carbons (Fsp3) is 0.423. The van der Waals surface area contributed by atoms with Crippen molar-refractivity contribution in [2.45, 2.75) is 25.6 Å². The minimum atomic E-state index is -0.0137. The fourth-order valence-electron chi connectivity index (χ4n) is 4.67. The number of nitrogens with zero attached hydrogens (tertiary/aromatic N) is 3. The van der Waals surface area contributed by atoms with Crippen LogP contribution < -0.4 is 10.3 Å². The van der Waals surface area contributed by atoms with Gasteiger partial charge in [-0.1, -0.05) is 30.3 Å². The lowest BCUT2D eigenvalue weighted by molar-refractivity contribution is -0.164. The highest BCUT2D eigenvalue weighted by molar-refractivity contribution is 5.85.